The summed E-state index contributed by atoms with van der Waals surface area (Å²) in [6.45, 7) is 2.53. The van der Waals surface area contributed by atoms with Crippen molar-refractivity contribution in [2.24, 2.45) is 0 Å². The lowest BCUT2D eigenvalue weighted by molar-refractivity contribution is 0.0971. The van der Waals surface area contributed by atoms with Crippen LogP contribution in [0, 0.1) is 0 Å². The van der Waals surface area contributed by atoms with Crippen LogP contribution in [0.4, 0.5) is 0 Å². The fraction of sp³-hybridized carbons (Fsp3) is 0.552. The lowest BCUT2D eigenvalue weighted by Gasteiger charge is -2.17. The molecule has 0 fully saturated rings. The Morgan fingerprint density at radius 3 is 1.94 bits per heavy atom. The molecule has 0 unspecified atom stereocenters. The molecule has 188 valence electrons. The van der Waals surface area contributed by atoms with Crippen LogP contribution in [0.3, 0.4) is 0 Å². The van der Waals surface area contributed by atoms with Crippen molar-refractivity contribution < 1.29 is 24.1 Å². The Bertz CT molecular complexity index is 847. The SMILES string of the molecule is CCCCCCCCCCCCCC(=O)c1c(OCc2ccccc2)cc(OC)c(OC)c1O. The zero-order valence-electron chi connectivity index (χ0n) is 21.2. The van der Waals surface area contributed by atoms with Gasteiger partial charge in [-0.1, -0.05) is 101 Å². The van der Waals surface area contributed by atoms with E-state index in [1.54, 1.807) is 6.07 Å². The fourth-order valence-corrected chi connectivity index (χ4v) is 4.15. The summed E-state index contributed by atoms with van der Waals surface area (Å²) in [5, 5.41) is 10.8. The van der Waals surface area contributed by atoms with E-state index >= 15 is 0 Å². The number of phenols is 1. The minimum atomic E-state index is -0.224. The Balaban J connectivity index is 1.90. The van der Waals surface area contributed by atoms with E-state index in [1.807, 2.05) is 30.3 Å². The molecule has 0 spiro atoms. The maximum atomic E-state index is 13.1. The molecule has 0 radical (unpaired) electrons. The van der Waals surface area contributed by atoms with Gasteiger partial charge in [-0.3, -0.25) is 4.79 Å². The van der Waals surface area contributed by atoms with Gasteiger partial charge in [-0.25, -0.2) is 0 Å². The number of methoxy groups -OCH3 is 2. The van der Waals surface area contributed by atoms with Gasteiger partial charge in [0.15, 0.2) is 17.3 Å². The molecular weight excluding hydrogens is 428 g/mol. The van der Waals surface area contributed by atoms with Crippen LogP contribution >= 0.6 is 0 Å². The third-order valence-corrected chi connectivity index (χ3v) is 6.13. The predicted octanol–water partition coefficient (Wildman–Crippen LogP) is 7.87. The Kier molecular flexibility index (Phi) is 13.0. The van der Waals surface area contributed by atoms with E-state index in [0.717, 1.165) is 24.8 Å². The summed E-state index contributed by atoms with van der Waals surface area (Å²) in [4.78, 5) is 13.1. The van der Waals surface area contributed by atoms with E-state index in [9.17, 15) is 9.90 Å². The third-order valence-electron chi connectivity index (χ3n) is 6.13. The second kappa shape index (κ2) is 16.0. The van der Waals surface area contributed by atoms with Crippen LogP contribution in [0.1, 0.15) is 99.9 Å². The van der Waals surface area contributed by atoms with Crippen LogP contribution in [0.25, 0.3) is 0 Å². The van der Waals surface area contributed by atoms with Crippen molar-refractivity contribution in [1.29, 1.82) is 0 Å². The summed E-state index contributed by atoms with van der Waals surface area (Å²) in [6.07, 6.45) is 13.8. The first-order valence-electron chi connectivity index (χ1n) is 12.8. The Morgan fingerprint density at radius 2 is 1.38 bits per heavy atom. The molecule has 0 aliphatic heterocycles. The van der Waals surface area contributed by atoms with Gasteiger partial charge in [0.1, 0.15) is 17.9 Å². The number of ether oxygens (including phenoxy) is 3. The van der Waals surface area contributed by atoms with Crippen molar-refractivity contribution in [2.45, 2.75) is 90.6 Å². The van der Waals surface area contributed by atoms with Crippen LogP contribution in [0.15, 0.2) is 36.4 Å². The molecule has 5 nitrogen and oxygen atoms in total. The van der Waals surface area contributed by atoms with Crippen molar-refractivity contribution in [1.82, 2.24) is 0 Å². The first-order valence-corrected chi connectivity index (χ1v) is 12.8. The van der Waals surface area contributed by atoms with Crippen LogP contribution in [-0.4, -0.2) is 25.1 Å². The second-order valence-corrected chi connectivity index (χ2v) is 8.82. The first kappa shape index (κ1) is 27.6. The number of carbonyl (C=O) groups excluding carboxylic acids is 1. The molecule has 0 bridgehead atoms. The second-order valence-electron chi connectivity index (χ2n) is 8.82. The number of hydrogen-bond acceptors (Lipinski definition) is 5. The molecule has 0 amide bonds. The molecule has 0 saturated heterocycles. The standard InChI is InChI=1S/C29H42O5/c1-4-5-6-7-8-9-10-11-12-13-17-20-24(30)27-25(34-22-23-18-15-14-16-19-23)21-26(32-2)29(33-3)28(27)31/h14-16,18-19,21,31H,4-13,17,20,22H2,1-3H3. The molecule has 2 rings (SSSR count). The van der Waals surface area contributed by atoms with Gasteiger partial charge in [-0.2, -0.15) is 0 Å². The van der Waals surface area contributed by atoms with Gasteiger partial charge in [0.05, 0.1) is 14.2 Å². The number of rotatable bonds is 18. The van der Waals surface area contributed by atoms with Crippen molar-refractivity contribution in [3.63, 3.8) is 0 Å². The number of phenolic OH excluding ortho intramolecular Hbond substituents is 1. The molecule has 0 aliphatic carbocycles. The average molecular weight is 471 g/mol. The number of benzene rings is 2. The van der Waals surface area contributed by atoms with Gasteiger partial charge in [0.2, 0.25) is 5.75 Å². The summed E-state index contributed by atoms with van der Waals surface area (Å²) >= 11 is 0. The molecule has 2 aromatic carbocycles. The number of Topliss-reactive ketones (excluding diaryl/α,β-unsaturated/α-hetero) is 1. The maximum absolute atomic E-state index is 13.1. The van der Waals surface area contributed by atoms with Crippen LogP contribution in [-0.2, 0) is 6.61 Å². The van der Waals surface area contributed by atoms with Gasteiger partial charge >= 0.3 is 0 Å². The molecular formula is C29H42O5. The maximum Gasteiger partial charge on any atom is 0.204 e. The number of unbranched alkanes of at least 4 members (excludes halogenated alkanes) is 10. The summed E-state index contributed by atoms with van der Waals surface area (Å²) in [7, 11) is 2.94. The van der Waals surface area contributed by atoms with Crippen LogP contribution < -0.4 is 14.2 Å². The predicted molar refractivity (Wildman–Crippen MR) is 137 cm³/mol. The van der Waals surface area contributed by atoms with Crippen molar-refractivity contribution in [2.75, 3.05) is 14.2 Å². The highest BCUT2D eigenvalue weighted by molar-refractivity contribution is 6.02. The number of aromatic hydroxyl groups is 1. The zero-order chi connectivity index (χ0) is 24.6. The van der Waals surface area contributed by atoms with Gasteiger partial charge in [0.25, 0.3) is 0 Å². The quantitative estimate of drug-likeness (QED) is 0.177. The molecule has 0 atom stereocenters. The Hall–Kier alpha value is -2.69. The minimum Gasteiger partial charge on any atom is -0.504 e. The lowest BCUT2D eigenvalue weighted by atomic mass is 10.0. The van der Waals surface area contributed by atoms with Crippen molar-refractivity contribution in [3.05, 3.63) is 47.5 Å². The molecule has 1 N–H and O–H groups in total. The first-order chi connectivity index (χ1) is 16.6. The summed E-state index contributed by atoms with van der Waals surface area (Å²) < 4.78 is 16.6. The topological polar surface area (TPSA) is 65.0 Å². The average Bonchev–Trinajstić information content (AvgIpc) is 2.86. The van der Waals surface area contributed by atoms with E-state index < -0.39 is 0 Å². The van der Waals surface area contributed by atoms with Crippen molar-refractivity contribution >= 4 is 5.78 Å². The highest BCUT2D eigenvalue weighted by atomic mass is 16.5. The van der Waals surface area contributed by atoms with Crippen LogP contribution in [0.5, 0.6) is 23.0 Å². The van der Waals surface area contributed by atoms with Crippen LogP contribution in [0.2, 0.25) is 0 Å². The molecule has 34 heavy (non-hydrogen) atoms. The van der Waals surface area contributed by atoms with E-state index in [-0.39, 0.29) is 29.5 Å². The van der Waals surface area contributed by atoms with Gasteiger partial charge in [-0.15, -0.1) is 0 Å². The zero-order valence-corrected chi connectivity index (χ0v) is 21.2. The largest absolute Gasteiger partial charge is 0.504 e. The van der Waals surface area contributed by atoms with E-state index in [1.165, 1.54) is 65.6 Å². The fourth-order valence-electron chi connectivity index (χ4n) is 4.15. The molecule has 0 aliphatic rings. The Morgan fingerprint density at radius 1 is 0.794 bits per heavy atom. The van der Waals surface area contributed by atoms with Gasteiger partial charge in [-0.05, 0) is 12.0 Å². The van der Waals surface area contributed by atoms with Gasteiger partial charge < -0.3 is 19.3 Å². The molecule has 0 aromatic heterocycles. The number of ketones is 1. The van der Waals surface area contributed by atoms with E-state index in [2.05, 4.69) is 6.92 Å². The lowest BCUT2D eigenvalue weighted by Crippen LogP contribution is -2.07. The van der Waals surface area contributed by atoms with Gasteiger partial charge in [0, 0.05) is 12.5 Å². The molecule has 0 heterocycles. The van der Waals surface area contributed by atoms with E-state index in [4.69, 9.17) is 14.2 Å². The number of carbonyl (C=O) groups is 1. The smallest absolute Gasteiger partial charge is 0.204 e. The third kappa shape index (κ3) is 8.92. The molecule has 5 heteroatoms. The highest BCUT2D eigenvalue weighted by Crippen LogP contribution is 2.45. The highest BCUT2D eigenvalue weighted by Gasteiger charge is 2.25. The summed E-state index contributed by atoms with van der Waals surface area (Å²) in [5.41, 5.74) is 1.14. The van der Waals surface area contributed by atoms with Crippen molar-refractivity contribution in [3.8, 4) is 23.0 Å². The molecule has 0 saturated carbocycles. The normalized spacial score (nSPS) is 10.8. The number of hydrogen-bond donors (Lipinski definition) is 1. The summed E-state index contributed by atoms with van der Waals surface area (Å²) in [5.74, 6) is 0.425. The summed E-state index contributed by atoms with van der Waals surface area (Å²) in [6, 6.07) is 11.3. The minimum absolute atomic E-state index is 0.141. The molecule has 2 aromatic rings. The Labute approximate surface area is 205 Å². The van der Waals surface area contributed by atoms with E-state index in [0.29, 0.717) is 17.9 Å². The monoisotopic (exact) mass is 470 g/mol.